The molecule has 1 N–H and O–H groups in total. The molecular formula is C15H17NO3S2. The van der Waals surface area contributed by atoms with Crippen molar-refractivity contribution in [2.45, 2.75) is 19.3 Å². The fourth-order valence-corrected chi connectivity index (χ4v) is 3.05. The third-order valence-electron chi connectivity index (χ3n) is 2.78. The molecule has 0 saturated carbocycles. The molecule has 0 saturated heterocycles. The largest absolute Gasteiger partial charge is 0.465 e. The number of ether oxygens (including phenoxy) is 1. The molecule has 0 aliphatic carbocycles. The Morgan fingerprint density at radius 3 is 2.67 bits per heavy atom. The molecule has 0 fully saturated rings. The lowest BCUT2D eigenvalue weighted by atomic mass is 10.3. The quantitative estimate of drug-likeness (QED) is 0.600. The van der Waals surface area contributed by atoms with E-state index in [1.807, 2.05) is 29.0 Å². The first-order valence-corrected chi connectivity index (χ1v) is 8.51. The Labute approximate surface area is 131 Å². The number of hydrogen-bond donors (Lipinski definition) is 1. The molecule has 0 bridgehead atoms. The molecule has 21 heavy (non-hydrogen) atoms. The standard InChI is InChI=1S/C15H17NO3S2/c17-14(19-9-7-12-4-2-10-20-12)6-1-8-16-15(18)13-5-3-11-21-13/h2-5,10-11H,1,6-9H2,(H,16,18). The highest BCUT2D eigenvalue weighted by molar-refractivity contribution is 7.12. The second-order valence-corrected chi connectivity index (χ2v) is 6.37. The molecule has 0 radical (unpaired) electrons. The summed E-state index contributed by atoms with van der Waals surface area (Å²) in [6, 6.07) is 7.63. The van der Waals surface area contributed by atoms with Crippen LogP contribution in [0.1, 0.15) is 27.4 Å². The van der Waals surface area contributed by atoms with E-state index in [0.29, 0.717) is 30.9 Å². The van der Waals surface area contributed by atoms with Crippen molar-refractivity contribution in [1.29, 1.82) is 0 Å². The average Bonchev–Trinajstić information content (AvgIpc) is 3.16. The van der Waals surface area contributed by atoms with Crippen LogP contribution in [-0.4, -0.2) is 25.0 Å². The number of carbonyl (C=O) groups excluding carboxylic acids is 2. The molecule has 2 rings (SSSR count). The summed E-state index contributed by atoms with van der Waals surface area (Å²) in [6.07, 6.45) is 1.68. The van der Waals surface area contributed by atoms with Gasteiger partial charge in [0, 0.05) is 24.3 Å². The maximum atomic E-state index is 11.6. The van der Waals surface area contributed by atoms with Gasteiger partial charge in [0.15, 0.2) is 0 Å². The molecular weight excluding hydrogens is 306 g/mol. The lowest BCUT2D eigenvalue weighted by molar-refractivity contribution is -0.143. The summed E-state index contributed by atoms with van der Waals surface area (Å²) in [5, 5.41) is 6.65. The number of rotatable bonds is 8. The summed E-state index contributed by atoms with van der Waals surface area (Å²) in [7, 11) is 0. The molecule has 0 aromatic carbocycles. The van der Waals surface area contributed by atoms with E-state index < -0.39 is 0 Å². The summed E-state index contributed by atoms with van der Waals surface area (Å²) in [5.74, 6) is -0.298. The number of hydrogen-bond acceptors (Lipinski definition) is 5. The van der Waals surface area contributed by atoms with E-state index in [1.54, 1.807) is 17.4 Å². The van der Waals surface area contributed by atoms with Gasteiger partial charge in [-0.05, 0) is 29.3 Å². The van der Waals surface area contributed by atoms with E-state index in [4.69, 9.17) is 4.74 Å². The minimum absolute atomic E-state index is 0.0870. The van der Waals surface area contributed by atoms with E-state index in [2.05, 4.69) is 5.32 Å². The fraction of sp³-hybridized carbons (Fsp3) is 0.333. The first kappa shape index (κ1) is 15.7. The highest BCUT2D eigenvalue weighted by atomic mass is 32.1. The van der Waals surface area contributed by atoms with Gasteiger partial charge in [0.05, 0.1) is 11.5 Å². The van der Waals surface area contributed by atoms with Crippen LogP contribution in [0.2, 0.25) is 0 Å². The van der Waals surface area contributed by atoms with Gasteiger partial charge < -0.3 is 10.1 Å². The topological polar surface area (TPSA) is 55.4 Å². The van der Waals surface area contributed by atoms with Gasteiger partial charge in [-0.25, -0.2) is 0 Å². The van der Waals surface area contributed by atoms with Crippen LogP contribution in [-0.2, 0) is 16.0 Å². The second kappa shape index (κ2) is 8.59. The lowest BCUT2D eigenvalue weighted by Crippen LogP contribution is -2.24. The van der Waals surface area contributed by atoms with Crippen molar-refractivity contribution in [1.82, 2.24) is 5.32 Å². The zero-order chi connectivity index (χ0) is 14.9. The van der Waals surface area contributed by atoms with Crippen molar-refractivity contribution in [2.24, 2.45) is 0 Å². The maximum absolute atomic E-state index is 11.6. The van der Waals surface area contributed by atoms with Gasteiger partial charge in [0.25, 0.3) is 5.91 Å². The average molecular weight is 323 g/mol. The van der Waals surface area contributed by atoms with E-state index in [9.17, 15) is 9.59 Å². The van der Waals surface area contributed by atoms with Crippen molar-refractivity contribution in [2.75, 3.05) is 13.2 Å². The number of nitrogens with one attached hydrogen (secondary N) is 1. The first-order valence-electron chi connectivity index (χ1n) is 6.75. The van der Waals surface area contributed by atoms with Crippen LogP contribution in [0.25, 0.3) is 0 Å². The van der Waals surface area contributed by atoms with E-state index in [0.717, 1.165) is 6.42 Å². The number of esters is 1. The van der Waals surface area contributed by atoms with Gasteiger partial charge in [-0.2, -0.15) is 0 Å². The number of carbonyl (C=O) groups is 2. The molecule has 2 aromatic heterocycles. The Bertz CT molecular complexity index is 550. The van der Waals surface area contributed by atoms with Crippen LogP contribution in [0.4, 0.5) is 0 Å². The summed E-state index contributed by atoms with van der Waals surface area (Å²) >= 11 is 3.06. The van der Waals surface area contributed by atoms with Crippen molar-refractivity contribution in [3.63, 3.8) is 0 Å². The lowest BCUT2D eigenvalue weighted by Gasteiger charge is -2.05. The van der Waals surface area contributed by atoms with Crippen LogP contribution < -0.4 is 5.32 Å². The smallest absolute Gasteiger partial charge is 0.305 e. The minimum atomic E-state index is -0.211. The minimum Gasteiger partial charge on any atom is -0.465 e. The van der Waals surface area contributed by atoms with Gasteiger partial charge in [-0.3, -0.25) is 9.59 Å². The van der Waals surface area contributed by atoms with Gasteiger partial charge in [-0.15, -0.1) is 22.7 Å². The summed E-state index contributed by atoms with van der Waals surface area (Å²) in [6.45, 7) is 0.900. The summed E-state index contributed by atoms with van der Waals surface area (Å²) < 4.78 is 5.15. The predicted octanol–water partition coefficient (Wildman–Crippen LogP) is 3.11. The van der Waals surface area contributed by atoms with Crippen LogP contribution in [0.3, 0.4) is 0 Å². The van der Waals surface area contributed by atoms with E-state index in [1.165, 1.54) is 16.2 Å². The van der Waals surface area contributed by atoms with Crippen LogP contribution in [0.5, 0.6) is 0 Å². The van der Waals surface area contributed by atoms with E-state index >= 15 is 0 Å². The molecule has 0 aliphatic heterocycles. The van der Waals surface area contributed by atoms with Crippen LogP contribution in [0, 0.1) is 0 Å². The normalized spacial score (nSPS) is 10.3. The fourth-order valence-electron chi connectivity index (χ4n) is 1.72. The third kappa shape index (κ3) is 5.69. The maximum Gasteiger partial charge on any atom is 0.305 e. The van der Waals surface area contributed by atoms with Crippen molar-refractivity contribution < 1.29 is 14.3 Å². The van der Waals surface area contributed by atoms with Crippen LogP contribution in [0.15, 0.2) is 35.0 Å². The van der Waals surface area contributed by atoms with Gasteiger partial charge in [-0.1, -0.05) is 12.1 Å². The highest BCUT2D eigenvalue weighted by Crippen LogP contribution is 2.09. The summed E-state index contributed by atoms with van der Waals surface area (Å²) in [4.78, 5) is 25.1. The molecule has 0 atom stereocenters. The number of thiophene rings is 2. The molecule has 112 valence electrons. The molecule has 2 aromatic rings. The summed E-state index contributed by atoms with van der Waals surface area (Å²) in [5.41, 5.74) is 0. The Morgan fingerprint density at radius 1 is 1.14 bits per heavy atom. The van der Waals surface area contributed by atoms with Gasteiger partial charge in [0.2, 0.25) is 0 Å². The third-order valence-corrected chi connectivity index (χ3v) is 4.58. The highest BCUT2D eigenvalue weighted by Gasteiger charge is 2.07. The van der Waals surface area contributed by atoms with Crippen LogP contribution >= 0.6 is 22.7 Å². The van der Waals surface area contributed by atoms with E-state index in [-0.39, 0.29) is 11.9 Å². The monoisotopic (exact) mass is 323 g/mol. The first-order chi connectivity index (χ1) is 10.3. The SMILES string of the molecule is O=C(CCCNC(=O)c1cccs1)OCCc1cccs1. The Balaban J connectivity index is 1.52. The molecule has 2 heterocycles. The molecule has 0 aliphatic rings. The molecule has 0 spiro atoms. The predicted molar refractivity (Wildman–Crippen MR) is 84.9 cm³/mol. The van der Waals surface area contributed by atoms with Gasteiger partial charge >= 0.3 is 5.97 Å². The molecule has 1 amide bonds. The molecule has 6 heteroatoms. The Morgan fingerprint density at radius 2 is 1.95 bits per heavy atom. The van der Waals surface area contributed by atoms with Crippen molar-refractivity contribution in [3.8, 4) is 0 Å². The molecule has 4 nitrogen and oxygen atoms in total. The number of amides is 1. The van der Waals surface area contributed by atoms with Gasteiger partial charge in [0.1, 0.15) is 0 Å². The van der Waals surface area contributed by atoms with Crippen molar-refractivity contribution >= 4 is 34.6 Å². The Kier molecular flexibility index (Phi) is 6.43. The zero-order valence-corrected chi connectivity index (χ0v) is 13.2. The molecule has 0 unspecified atom stereocenters. The Hall–Kier alpha value is -1.66. The zero-order valence-electron chi connectivity index (χ0n) is 11.5. The van der Waals surface area contributed by atoms with Crippen molar-refractivity contribution in [3.05, 3.63) is 44.8 Å². The second-order valence-electron chi connectivity index (χ2n) is 4.39.